The monoisotopic (exact) mass is 267 g/mol. The van der Waals surface area contributed by atoms with Gasteiger partial charge in [-0.15, -0.1) is 0 Å². The minimum Gasteiger partial charge on any atom is -0.426 e. The van der Waals surface area contributed by atoms with E-state index in [0.717, 1.165) is 24.3 Å². The number of fused-ring (bicyclic) bond motifs is 1. The first-order valence-electron chi connectivity index (χ1n) is 6.04. The van der Waals surface area contributed by atoms with Gasteiger partial charge in [0.05, 0.1) is 29.8 Å². The van der Waals surface area contributed by atoms with Crippen molar-refractivity contribution in [1.82, 2.24) is 0 Å². The summed E-state index contributed by atoms with van der Waals surface area (Å²) in [7, 11) is 0. The molecule has 0 saturated carbocycles. The molecule has 1 unspecified atom stereocenters. The molecular formula is C13H14ClNO3. The number of carbonyl (C=O) groups is 1. The number of benzene rings is 1. The van der Waals surface area contributed by atoms with Crippen molar-refractivity contribution in [3.8, 4) is 5.75 Å². The standard InChI is InChI=1S/C13H14ClNO3/c1-8-9-6-10(14)11(7-12(9)18-13(8)16)15-2-4-17-5-3-15/h6-8H,2-5H2,1H3. The molecular weight excluding hydrogens is 254 g/mol. The molecule has 5 heteroatoms. The van der Waals surface area contributed by atoms with Gasteiger partial charge in [0.1, 0.15) is 5.75 Å². The summed E-state index contributed by atoms with van der Waals surface area (Å²) >= 11 is 6.30. The lowest BCUT2D eigenvalue weighted by atomic mass is 10.0. The van der Waals surface area contributed by atoms with Gasteiger partial charge in [0.25, 0.3) is 0 Å². The second-order valence-corrected chi connectivity index (χ2v) is 4.99. The number of carbonyl (C=O) groups excluding carboxylic acids is 1. The van der Waals surface area contributed by atoms with Crippen LogP contribution in [-0.4, -0.2) is 32.3 Å². The number of ether oxygens (including phenoxy) is 2. The van der Waals surface area contributed by atoms with Crippen LogP contribution in [0.5, 0.6) is 5.75 Å². The average molecular weight is 268 g/mol. The fourth-order valence-electron chi connectivity index (χ4n) is 2.36. The maximum atomic E-state index is 11.5. The van der Waals surface area contributed by atoms with E-state index >= 15 is 0 Å². The van der Waals surface area contributed by atoms with Crippen molar-refractivity contribution in [3.05, 3.63) is 22.7 Å². The van der Waals surface area contributed by atoms with Gasteiger partial charge in [-0.05, 0) is 13.0 Å². The first kappa shape index (κ1) is 11.8. The van der Waals surface area contributed by atoms with Crippen LogP contribution in [0.4, 0.5) is 5.69 Å². The lowest BCUT2D eigenvalue weighted by Gasteiger charge is -2.29. The van der Waals surface area contributed by atoms with E-state index in [-0.39, 0.29) is 11.9 Å². The number of esters is 1. The van der Waals surface area contributed by atoms with Crippen molar-refractivity contribution in [3.63, 3.8) is 0 Å². The maximum Gasteiger partial charge on any atom is 0.318 e. The predicted molar refractivity (Wildman–Crippen MR) is 68.5 cm³/mol. The number of halogens is 1. The van der Waals surface area contributed by atoms with Gasteiger partial charge in [0.15, 0.2) is 0 Å². The summed E-state index contributed by atoms with van der Waals surface area (Å²) in [6.45, 7) is 4.84. The normalized spacial score (nSPS) is 22.9. The molecule has 0 radical (unpaired) electrons. The van der Waals surface area contributed by atoms with Crippen LogP contribution in [0, 0.1) is 0 Å². The van der Waals surface area contributed by atoms with E-state index < -0.39 is 0 Å². The highest BCUT2D eigenvalue weighted by molar-refractivity contribution is 6.33. The van der Waals surface area contributed by atoms with Crippen molar-refractivity contribution in [2.24, 2.45) is 0 Å². The average Bonchev–Trinajstić information content (AvgIpc) is 2.66. The zero-order valence-corrected chi connectivity index (χ0v) is 10.9. The topological polar surface area (TPSA) is 38.8 Å². The third-order valence-electron chi connectivity index (χ3n) is 3.46. The first-order chi connectivity index (χ1) is 8.66. The van der Waals surface area contributed by atoms with Gasteiger partial charge >= 0.3 is 5.97 Å². The highest BCUT2D eigenvalue weighted by Gasteiger charge is 2.31. The van der Waals surface area contributed by atoms with Gasteiger partial charge in [0.2, 0.25) is 0 Å². The van der Waals surface area contributed by atoms with E-state index in [1.165, 1.54) is 0 Å². The van der Waals surface area contributed by atoms with Crippen LogP contribution in [0.3, 0.4) is 0 Å². The zero-order chi connectivity index (χ0) is 12.7. The maximum absolute atomic E-state index is 11.5. The Morgan fingerprint density at radius 1 is 1.33 bits per heavy atom. The molecule has 1 saturated heterocycles. The smallest absolute Gasteiger partial charge is 0.318 e. The number of hydrogen-bond donors (Lipinski definition) is 0. The van der Waals surface area contributed by atoms with Gasteiger partial charge in [-0.3, -0.25) is 4.79 Å². The molecule has 0 aromatic heterocycles. The van der Waals surface area contributed by atoms with Crippen LogP contribution >= 0.6 is 11.6 Å². The molecule has 1 atom stereocenters. The predicted octanol–water partition coefficient (Wildman–Crippen LogP) is 2.20. The molecule has 1 aromatic rings. The fraction of sp³-hybridized carbons (Fsp3) is 0.462. The quantitative estimate of drug-likeness (QED) is 0.578. The van der Waals surface area contributed by atoms with Crippen LogP contribution in [0.25, 0.3) is 0 Å². The summed E-state index contributed by atoms with van der Waals surface area (Å²) in [6.07, 6.45) is 0. The lowest BCUT2D eigenvalue weighted by molar-refractivity contribution is -0.133. The molecule has 0 N–H and O–H groups in total. The Morgan fingerprint density at radius 3 is 2.78 bits per heavy atom. The Hall–Kier alpha value is -1.26. The van der Waals surface area contributed by atoms with Crippen LogP contribution < -0.4 is 9.64 Å². The molecule has 0 amide bonds. The zero-order valence-electron chi connectivity index (χ0n) is 10.1. The van der Waals surface area contributed by atoms with Crippen molar-refractivity contribution >= 4 is 23.3 Å². The molecule has 4 nitrogen and oxygen atoms in total. The Morgan fingerprint density at radius 2 is 2.06 bits per heavy atom. The number of hydrogen-bond acceptors (Lipinski definition) is 4. The van der Waals surface area contributed by atoms with Crippen molar-refractivity contribution in [1.29, 1.82) is 0 Å². The minimum absolute atomic E-state index is 0.208. The van der Waals surface area contributed by atoms with Crippen LogP contribution in [0.1, 0.15) is 18.4 Å². The van der Waals surface area contributed by atoms with Gasteiger partial charge in [0, 0.05) is 24.7 Å². The van der Waals surface area contributed by atoms with Gasteiger partial charge < -0.3 is 14.4 Å². The molecule has 0 spiro atoms. The molecule has 1 fully saturated rings. The summed E-state index contributed by atoms with van der Waals surface area (Å²) in [4.78, 5) is 13.7. The Labute approximate surface area is 110 Å². The van der Waals surface area contributed by atoms with Crippen molar-refractivity contribution in [2.75, 3.05) is 31.2 Å². The summed E-state index contributed by atoms with van der Waals surface area (Å²) < 4.78 is 10.6. The molecule has 0 aliphatic carbocycles. The summed E-state index contributed by atoms with van der Waals surface area (Å²) in [5.41, 5.74) is 1.79. The first-order valence-corrected chi connectivity index (χ1v) is 6.42. The molecule has 1 aromatic carbocycles. The Kier molecular flexibility index (Phi) is 2.92. The lowest BCUT2D eigenvalue weighted by Crippen LogP contribution is -2.36. The minimum atomic E-state index is -0.226. The van der Waals surface area contributed by atoms with Crippen LogP contribution in [-0.2, 0) is 9.53 Å². The van der Waals surface area contributed by atoms with Crippen molar-refractivity contribution < 1.29 is 14.3 Å². The summed E-state index contributed by atoms with van der Waals surface area (Å²) in [5.74, 6) is 0.204. The Balaban J connectivity index is 1.97. The van der Waals surface area contributed by atoms with E-state index in [2.05, 4.69) is 4.90 Å². The van der Waals surface area contributed by atoms with E-state index in [1.54, 1.807) is 0 Å². The molecule has 96 valence electrons. The molecule has 2 aliphatic heterocycles. The molecule has 2 aliphatic rings. The third-order valence-corrected chi connectivity index (χ3v) is 3.76. The highest BCUT2D eigenvalue weighted by Crippen LogP contribution is 2.41. The molecule has 0 bridgehead atoms. The fourth-order valence-corrected chi connectivity index (χ4v) is 2.65. The van der Waals surface area contributed by atoms with Gasteiger partial charge in [-0.2, -0.15) is 0 Å². The number of morpholine rings is 1. The van der Waals surface area contributed by atoms with Crippen LogP contribution in [0.2, 0.25) is 5.02 Å². The Bertz CT molecular complexity index is 497. The molecule has 18 heavy (non-hydrogen) atoms. The van der Waals surface area contributed by atoms with Crippen molar-refractivity contribution in [2.45, 2.75) is 12.8 Å². The van der Waals surface area contributed by atoms with E-state index in [9.17, 15) is 4.79 Å². The van der Waals surface area contributed by atoms with Crippen LogP contribution in [0.15, 0.2) is 12.1 Å². The largest absolute Gasteiger partial charge is 0.426 e. The summed E-state index contributed by atoms with van der Waals surface area (Å²) in [5, 5.41) is 0.667. The second kappa shape index (κ2) is 4.44. The highest BCUT2D eigenvalue weighted by atomic mass is 35.5. The van der Waals surface area contributed by atoms with E-state index in [1.807, 2.05) is 19.1 Å². The van der Waals surface area contributed by atoms with Gasteiger partial charge in [-0.1, -0.05) is 11.6 Å². The van der Waals surface area contributed by atoms with E-state index in [4.69, 9.17) is 21.1 Å². The number of rotatable bonds is 1. The second-order valence-electron chi connectivity index (χ2n) is 4.58. The summed E-state index contributed by atoms with van der Waals surface area (Å²) in [6, 6.07) is 3.71. The SMILES string of the molecule is CC1C(=O)Oc2cc(N3CCOCC3)c(Cl)cc21. The van der Waals surface area contributed by atoms with E-state index in [0.29, 0.717) is 24.0 Å². The number of nitrogens with zero attached hydrogens (tertiary/aromatic N) is 1. The number of anilines is 1. The molecule has 2 heterocycles. The van der Waals surface area contributed by atoms with Gasteiger partial charge in [-0.25, -0.2) is 0 Å². The molecule has 3 rings (SSSR count). The third kappa shape index (κ3) is 1.85.